The summed E-state index contributed by atoms with van der Waals surface area (Å²) in [7, 11) is 0. The van der Waals surface area contributed by atoms with E-state index in [9.17, 15) is 4.79 Å². The Bertz CT molecular complexity index is 673. The number of unbranched alkanes of at least 4 members (excludes halogenated alkanes) is 2. The zero-order valence-electron chi connectivity index (χ0n) is 13.5. The first-order valence-electron chi connectivity index (χ1n) is 7.87. The van der Waals surface area contributed by atoms with Crippen LogP contribution in [0.1, 0.15) is 42.1 Å². The van der Waals surface area contributed by atoms with Crippen LogP contribution in [0.15, 0.2) is 36.7 Å². The number of rotatable bonds is 7. The fourth-order valence-electron chi connectivity index (χ4n) is 2.21. The summed E-state index contributed by atoms with van der Waals surface area (Å²) < 4.78 is 0. The zero-order valence-corrected chi connectivity index (χ0v) is 14.3. The lowest BCUT2D eigenvalue weighted by molar-refractivity contribution is 0.0952. The van der Waals surface area contributed by atoms with E-state index in [0.717, 1.165) is 36.2 Å². The van der Waals surface area contributed by atoms with Gasteiger partial charge >= 0.3 is 0 Å². The molecule has 122 valence electrons. The van der Waals surface area contributed by atoms with Crippen LogP contribution >= 0.6 is 11.6 Å². The van der Waals surface area contributed by atoms with Crippen LogP contribution in [0.4, 0.5) is 11.4 Å². The number of halogens is 1. The highest BCUT2D eigenvalue weighted by molar-refractivity contribution is 6.31. The highest BCUT2D eigenvalue weighted by Crippen LogP contribution is 2.26. The highest BCUT2D eigenvalue weighted by atomic mass is 35.5. The quantitative estimate of drug-likeness (QED) is 0.722. The van der Waals surface area contributed by atoms with Gasteiger partial charge in [-0.15, -0.1) is 0 Å². The summed E-state index contributed by atoms with van der Waals surface area (Å²) in [6.45, 7) is 4.78. The molecule has 1 heterocycles. The van der Waals surface area contributed by atoms with Crippen LogP contribution in [0, 0.1) is 6.92 Å². The Balaban J connectivity index is 2.04. The van der Waals surface area contributed by atoms with Gasteiger partial charge in [0.2, 0.25) is 0 Å². The van der Waals surface area contributed by atoms with E-state index < -0.39 is 0 Å². The minimum atomic E-state index is -0.0972. The number of nitrogens with one attached hydrogen (secondary N) is 2. The van der Waals surface area contributed by atoms with Crippen LogP contribution in [0.25, 0.3) is 0 Å². The van der Waals surface area contributed by atoms with Crippen molar-refractivity contribution in [2.75, 3.05) is 11.9 Å². The molecule has 4 nitrogen and oxygen atoms in total. The van der Waals surface area contributed by atoms with Crippen molar-refractivity contribution in [2.45, 2.75) is 33.1 Å². The highest BCUT2D eigenvalue weighted by Gasteiger charge is 2.08. The normalized spacial score (nSPS) is 10.4. The molecule has 2 N–H and O–H groups in total. The summed E-state index contributed by atoms with van der Waals surface area (Å²) in [5, 5.41) is 6.88. The molecule has 0 aliphatic heterocycles. The van der Waals surface area contributed by atoms with Gasteiger partial charge in [0.05, 0.1) is 17.4 Å². The van der Waals surface area contributed by atoms with Gasteiger partial charge in [0.25, 0.3) is 5.91 Å². The summed E-state index contributed by atoms with van der Waals surface area (Å²) in [5.41, 5.74) is 3.17. The van der Waals surface area contributed by atoms with E-state index in [2.05, 4.69) is 22.5 Å². The number of aromatic nitrogens is 1. The van der Waals surface area contributed by atoms with Crippen LogP contribution in [0.3, 0.4) is 0 Å². The van der Waals surface area contributed by atoms with Crippen LogP contribution in [-0.2, 0) is 0 Å². The molecule has 0 unspecified atom stereocenters. The van der Waals surface area contributed by atoms with Gasteiger partial charge in [-0.3, -0.25) is 9.78 Å². The maximum Gasteiger partial charge on any atom is 0.252 e. The predicted molar refractivity (Wildman–Crippen MR) is 95.6 cm³/mol. The summed E-state index contributed by atoms with van der Waals surface area (Å²) in [5.74, 6) is -0.0972. The molecule has 0 aliphatic rings. The van der Waals surface area contributed by atoms with Crippen molar-refractivity contribution >= 4 is 28.9 Å². The molecule has 5 heteroatoms. The largest absolute Gasteiger partial charge is 0.354 e. The molecule has 0 radical (unpaired) electrons. The Morgan fingerprint density at radius 2 is 2.09 bits per heavy atom. The van der Waals surface area contributed by atoms with E-state index >= 15 is 0 Å². The zero-order chi connectivity index (χ0) is 16.7. The number of nitrogens with zero attached hydrogens (tertiary/aromatic N) is 1. The first kappa shape index (κ1) is 17.3. The van der Waals surface area contributed by atoms with Gasteiger partial charge < -0.3 is 10.6 Å². The molecule has 1 amide bonds. The van der Waals surface area contributed by atoms with Crippen LogP contribution in [0.5, 0.6) is 0 Å². The molecule has 1 aromatic heterocycles. The molecule has 2 rings (SSSR count). The SMILES string of the molecule is CCCCCNC(=O)c1cncc(Nc2cccc(Cl)c2C)c1. The minimum absolute atomic E-state index is 0.0972. The van der Waals surface area contributed by atoms with E-state index in [1.165, 1.54) is 0 Å². The number of anilines is 2. The maximum atomic E-state index is 12.1. The second-order valence-corrected chi connectivity index (χ2v) is 5.87. The van der Waals surface area contributed by atoms with Crippen molar-refractivity contribution in [2.24, 2.45) is 0 Å². The average molecular weight is 332 g/mol. The summed E-state index contributed by atoms with van der Waals surface area (Å²) >= 11 is 6.12. The Morgan fingerprint density at radius 1 is 1.26 bits per heavy atom. The lowest BCUT2D eigenvalue weighted by atomic mass is 10.2. The van der Waals surface area contributed by atoms with Crippen molar-refractivity contribution in [1.29, 1.82) is 0 Å². The Labute approximate surface area is 142 Å². The van der Waals surface area contributed by atoms with Gasteiger partial charge in [-0.1, -0.05) is 37.4 Å². The number of carbonyl (C=O) groups excluding carboxylic acids is 1. The van der Waals surface area contributed by atoms with Crippen molar-refractivity contribution < 1.29 is 4.79 Å². The molecule has 0 saturated heterocycles. The molecule has 2 aromatic rings. The van der Waals surface area contributed by atoms with E-state index in [1.54, 1.807) is 18.5 Å². The lowest BCUT2D eigenvalue weighted by Crippen LogP contribution is -2.24. The van der Waals surface area contributed by atoms with E-state index in [1.807, 2.05) is 25.1 Å². The third kappa shape index (κ3) is 4.96. The van der Waals surface area contributed by atoms with Crippen molar-refractivity contribution in [3.8, 4) is 0 Å². The fraction of sp³-hybridized carbons (Fsp3) is 0.333. The molecule has 0 fully saturated rings. The second kappa shape index (κ2) is 8.53. The van der Waals surface area contributed by atoms with Gasteiger partial charge in [-0.25, -0.2) is 0 Å². The van der Waals surface area contributed by atoms with Crippen LogP contribution < -0.4 is 10.6 Å². The summed E-state index contributed by atoms with van der Waals surface area (Å²) in [4.78, 5) is 16.3. The molecule has 0 atom stereocenters. The maximum absolute atomic E-state index is 12.1. The monoisotopic (exact) mass is 331 g/mol. The Hall–Kier alpha value is -2.07. The van der Waals surface area contributed by atoms with Crippen molar-refractivity contribution in [3.05, 3.63) is 52.8 Å². The van der Waals surface area contributed by atoms with Crippen LogP contribution in [-0.4, -0.2) is 17.4 Å². The number of amides is 1. The molecule has 0 saturated carbocycles. The topological polar surface area (TPSA) is 54.0 Å². The van der Waals surface area contributed by atoms with E-state index in [4.69, 9.17) is 11.6 Å². The third-order valence-electron chi connectivity index (χ3n) is 3.61. The van der Waals surface area contributed by atoms with E-state index in [0.29, 0.717) is 17.1 Å². The molecule has 0 aliphatic carbocycles. The van der Waals surface area contributed by atoms with Crippen molar-refractivity contribution in [3.63, 3.8) is 0 Å². The number of carbonyl (C=O) groups is 1. The van der Waals surface area contributed by atoms with Crippen LogP contribution in [0.2, 0.25) is 5.02 Å². The lowest BCUT2D eigenvalue weighted by Gasteiger charge is -2.11. The first-order chi connectivity index (χ1) is 11.1. The molecule has 23 heavy (non-hydrogen) atoms. The molecular formula is C18H22ClN3O. The van der Waals surface area contributed by atoms with Gasteiger partial charge in [-0.05, 0) is 37.1 Å². The van der Waals surface area contributed by atoms with Gasteiger partial charge in [-0.2, -0.15) is 0 Å². The number of benzene rings is 1. The fourth-order valence-corrected chi connectivity index (χ4v) is 2.38. The molecule has 0 spiro atoms. The molecule has 1 aromatic carbocycles. The van der Waals surface area contributed by atoms with Gasteiger partial charge in [0, 0.05) is 23.5 Å². The minimum Gasteiger partial charge on any atom is -0.354 e. The smallest absolute Gasteiger partial charge is 0.252 e. The molecular weight excluding hydrogens is 310 g/mol. The average Bonchev–Trinajstić information content (AvgIpc) is 2.56. The van der Waals surface area contributed by atoms with Gasteiger partial charge in [0.15, 0.2) is 0 Å². The van der Waals surface area contributed by atoms with Gasteiger partial charge in [0.1, 0.15) is 0 Å². The molecule has 0 bridgehead atoms. The Kier molecular flexibility index (Phi) is 6.41. The van der Waals surface area contributed by atoms with E-state index in [-0.39, 0.29) is 5.91 Å². The summed E-state index contributed by atoms with van der Waals surface area (Å²) in [6.07, 6.45) is 6.51. The summed E-state index contributed by atoms with van der Waals surface area (Å²) in [6, 6.07) is 7.47. The standard InChI is InChI=1S/C18H22ClN3O/c1-3-4-5-9-21-18(23)14-10-15(12-20-11-14)22-17-8-6-7-16(19)13(17)2/h6-8,10-12,22H,3-5,9H2,1-2H3,(H,21,23). The Morgan fingerprint density at radius 3 is 2.87 bits per heavy atom. The number of hydrogen-bond donors (Lipinski definition) is 2. The first-order valence-corrected chi connectivity index (χ1v) is 8.25. The number of hydrogen-bond acceptors (Lipinski definition) is 3. The predicted octanol–water partition coefficient (Wildman–Crippen LogP) is 4.71. The third-order valence-corrected chi connectivity index (χ3v) is 4.02. The van der Waals surface area contributed by atoms with Crippen molar-refractivity contribution in [1.82, 2.24) is 10.3 Å². The number of pyridine rings is 1. The second-order valence-electron chi connectivity index (χ2n) is 5.46.